The van der Waals surface area contributed by atoms with Gasteiger partial charge in [0.15, 0.2) is 5.96 Å². The molecule has 144 valence electrons. The van der Waals surface area contributed by atoms with E-state index in [4.69, 9.17) is 4.99 Å². The van der Waals surface area contributed by atoms with Crippen LogP contribution in [0.3, 0.4) is 0 Å². The van der Waals surface area contributed by atoms with Crippen LogP contribution in [0.2, 0.25) is 0 Å². The van der Waals surface area contributed by atoms with E-state index >= 15 is 0 Å². The second kappa shape index (κ2) is 8.93. The average molecular weight is 392 g/mol. The first-order valence-corrected chi connectivity index (χ1v) is 10.6. The van der Waals surface area contributed by atoms with Crippen molar-refractivity contribution in [3.63, 3.8) is 0 Å². The van der Waals surface area contributed by atoms with Crippen LogP contribution in [0.25, 0.3) is 11.1 Å². The minimum absolute atomic E-state index is 0.237. The molecule has 0 saturated carbocycles. The molecule has 1 fully saturated rings. The zero-order valence-corrected chi connectivity index (χ0v) is 16.7. The molecule has 4 rings (SSSR count). The van der Waals surface area contributed by atoms with Gasteiger partial charge in [-0.25, -0.2) is 4.99 Å². The summed E-state index contributed by atoms with van der Waals surface area (Å²) in [5.74, 6) is 1.08. The number of thiophene rings is 1. The molecule has 28 heavy (non-hydrogen) atoms. The summed E-state index contributed by atoms with van der Waals surface area (Å²) in [6.07, 6.45) is 3.62. The summed E-state index contributed by atoms with van der Waals surface area (Å²) in [7, 11) is 0. The molecule has 0 spiro atoms. The van der Waals surface area contributed by atoms with E-state index < -0.39 is 0 Å². The van der Waals surface area contributed by atoms with E-state index in [0.29, 0.717) is 12.2 Å². The summed E-state index contributed by atoms with van der Waals surface area (Å²) in [5.41, 5.74) is 2.88. The Labute approximate surface area is 170 Å². The Hall–Kier alpha value is -2.79. The predicted molar refractivity (Wildman–Crippen MR) is 118 cm³/mol. The first-order valence-electron chi connectivity index (χ1n) is 9.77. The third-order valence-electron chi connectivity index (χ3n) is 4.97. The van der Waals surface area contributed by atoms with Crippen molar-refractivity contribution in [3.8, 4) is 16.9 Å². The maximum atomic E-state index is 10.4. The maximum absolute atomic E-state index is 10.4. The van der Waals surface area contributed by atoms with Gasteiger partial charge in [0, 0.05) is 18.0 Å². The van der Waals surface area contributed by atoms with Crippen LogP contribution in [-0.2, 0) is 6.54 Å². The van der Waals surface area contributed by atoms with E-state index in [2.05, 4.69) is 39.9 Å². The largest absolute Gasteiger partial charge is 0.506 e. The number of phenolic OH excluding ortho intramolecular Hbond substituents is 1. The fraction of sp³-hybridized carbons (Fsp3) is 0.261. The van der Waals surface area contributed by atoms with Crippen LogP contribution in [0.5, 0.6) is 5.75 Å². The van der Waals surface area contributed by atoms with Crippen molar-refractivity contribution in [2.24, 2.45) is 4.99 Å². The molecule has 2 heterocycles. The summed E-state index contributed by atoms with van der Waals surface area (Å²) >= 11 is 1.72. The fourth-order valence-electron chi connectivity index (χ4n) is 3.45. The maximum Gasteiger partial charge on any atom is 0.198 e. The highest BCUT2D eigenvalue weighted by atomic mass is 32.1. The van der Waals surface area contributed by atoms with Crippen LogP contribution in [-0.4, -0.2) is 29.1 Å². The number of phenols is 1. The number of nitrogens with zero attached hydrogens (tertiary/aromatic N) is 2. The Kier molecular flexibility index (Phi) is 5.92. The van der Waals surface area contributed by atoms with Crippen LogP contribution in [0.4, 0.5) is 5.69 Å². The third kappa shape index (κ3) is 4.54. The molecule has 1 aliphatic rings. The molecule has 0 aliphatic carbocycles. The minimum Gasteiger partial charge on any atom is -0.506 e. The lowest BCUT2D eigenvalue weighted by Crippen LogP contribution is -2.40. The van der Waals surface area contributed by atoms with Gasteiger partial charge in [-0.2, -0.15) is 0 Å². The van der Waals surface area contributed by atoms with Gasteiger partial charge in [-0.3, -0.25) is 0 Å². The highest BCUT2D eigenvalue weighted by Crippen LogP contribution is 2.30. The number of likely N-dealkylation sites (tertiary alicyclic amines) is 1. The molecule has 0 unspecified atom stereocenters. The van der Waals surface area contributed by atoms with Crippen LogP contribution >= 0.6 is 11.3 Å². The lowest BCUT2D eigenvalue weighted by molar-refractivity contribution is 0.340. The smallest absolute Gasteiger partial charge is 0.198 e. The average Bonchev–Trinajstić information content (AvgIpc) is 3.27. The number of aliphatic imine (C=N–C) groups is 1. The second-order valence-electron chi connectivity index (χ2n) is 6.99. The van der Waals surface area contributed by atoms with Gasteiger partial charge in [-0.05, 0) is 54.0 Å². The van der Waals surface area contributed by atoms with Gasteiger partial charge in [0.05, 0.1) is 12.2 Å². The topological polar surface area (TPSA) is 47.9 Å². The molecule has 0 bridgehead atoms. The molecule has 2 N–H and O–H groups in total. The summed E-state index contributed by atoms with van der Waals surface area (Å²) < 4.78 is 0. The molecule has 0 radical (unpaired) electrons. The van der Waals surface area contributed by atoms with Gasteiger partial charge >= 0.3 is 0 Å². The number of guanidine groups is 1. The number of nitrogens with one attached hydrogen (secondary N) is 1. The van der Waals surface area contributed by atoms with Crippen LogP contribution in [0.15, 0.2) is 71.0 Å². The van der Waals surface area contributed by atoms with E-state index in [0.717, 1.165) is 30.2 Å². The van der Waals surface area contributed by atoms with E-state index in [1.54, 1.807) is 17.4 Å². The molecule has 1 saturated heterocycles. The van der Waals surface area contributed by atoms with E-state index in [9.17, 15) is 5.11 Å². The van der Waals surface area contributed by atoms with Crippen molar-refractivity contribution in [1.29, 1.82) is 0 Å². The number of benzene rings is 2. The zero-order valence-electron chi connectivity index (χ0n) is 15.8. The highest BCUT2D eigenvalue weighted by Gasteiger charge is 2.17. The quantitative estimate of drug-likeness (QED) is 0.347. The molecule has 0 atom stereocenters. The first-order chi connectivity index (χ1) is 13.8. The highest BCUT2D eigenvalue weighted by molar-refractivity contribution is 7.09. The van der Waals surface area contributed by atoms with Gasteiger partial charge in [0.2, 0.25) is 0 Å². The lowest BCUT2D eigenvalue weighted by atomic mass is 10.0. The van der Waals surface area contributed by atoms with E-state index in [1.165, 1.54) is 24.1 Å². The number of rotatable bonds is 4. The van der Waals surface area contributed by atoms with Crippen molar-refractivity contribution in [2.75, 3.05) is 18.4 Å². The molecular formula is C23H25N3OS. The molecule has 4 nitrogen and oxygen atoms in total. The van der Waals surface area contributed by atoms with Gasteiger partial charge < -0.3 is 15.3 Å². The molecular weight excluding hydrogens is 366 g/mol. The molecule has 5 heteroatoms. The summed E-state index contributed by atoms with van der Waals surface area (Å²) in [5, 5.41) is 15.9. The van der Waals surface area contributed by atoms with Gasteiger partial charge in [-0.15, -0.1) is 11.3 Å². The monoisotopic (exact) mass is 391 g/mol. The summed E-state index contributed by atoms with van der Waals surface area (Å²) in [6.45, 7) is 2.64. The van der Waals surface area contributed by atoms with E-state index in [-0.39, 0.29) is 5.75 Å². The number of hydrogen-bond donors (Lipinski definition) is 2. The number of aromatic hydroxyl groups is 1. The molecule has 3 aromatic rings. The zero-order chi connectivity index (χ0) is 19.2. The van der Waals surface area contributed by atoms with Crippen LogP contribution < -0.4 is 5.32 Å². The minimum atomic E-state index is 0.237. The molecule has 1 aliphatic heterocycles. The van der Waals surface area contributed by atoms with Crippen molar-refractivity contribution in [1.82, 2.24) is 4.90 Å². The Bertz CT molecular complexity index is 916. The molecule has 1 aromatic heterocycles. The normalized spacial score (nSPS) is 14.9. The number of piperidine rings is 1. The Morgan fingerprint density at radius 3 is 2.54 bits per heavy atom. The summed E-state index contributed by atoms with van der Waals surface area (Å²) in [4.78, 5) is 8.39. The standard InChI is InChI=1S/C23H25N3OS/c27-22-12-11-19(18-8-3-1-4-9-18)16-21(22)25-23(26-13-5-2-6-14-26)24-17-20-10-7-15-28-20/h1,3-4,7-12,15-16,27H,2,5-6,13-14,17H2,(H,24,25). The Morgan fingerprint density at radius 2 is 1.79 bits per heavy atom. The van der Waals surface area contributed by atoms with Crippen LogP contribution in [0, 0.1) is 0 Å². The lowest BCUT2D eigenvalue weighted by Gasteiger charge is -2.30. The Balaban J connectivity index is 1.61. The first kappa shape index (κ1) is 18.6. The SMILES string of the molecule is Oc1ccc(-c2ccccc2)cc1NC(=NCc1cccs1)N1CCCCC1. The number of hydrogen-bond acceptors (Lipinski definition) is 3. The third-order valence-corrected chi connectivity index (χ3v) is 5.83. The molecule has 0 amide bonds. The van der Waals surface area contributed by atoms with E-state index in [1.807, 2.05) is 30.3 Å². The van der Waals surface area contributed by atoms with Gasteiger partial charge in [0.1, 0.15) is 5.75 Å². The predicted octanol–water partition coefficient (Wildman–Crippen LogP) is 5.57. The fourth-order valence-corrected chi connectivity index (χ4v) is 4.07. The summed E-state index contributed by atoms with van der Waals surface area (Å²) in [6, 6.07) is 20.1. The molecule has 2 aromatic carbocycles. The second-order valence-corrected chi connectivity index (χ2v) is 8.02. The van der Waals surface area contributed by atoms with Crippen molar-refractivity contribution >= 4 is 23.0 Å². The van der Waals surface area contributed by atoms with Gasteiger partial charge in [0.25, 0.3) is 0 Å². The Morgan fingerprint density at radius 1 is 0.964 bits per heavy atom. The van der Waals surface area contributed by atoms with Gasteiger partial charge in [-0.1, -0.05) is 42.5 Å². The van der Waals surface area contributed by atoms with Crippen LogP contribution in [0.1, 0.15) is 24.1 Å². The van der Waals surface area contributed by atoms with Crippen molar-refractivity contribution in [3.05, 3.63) is 70.9 Å². The van der Waals surface area contributed by atoms with Crippen molar-refractivity contribution < 1.29 is 5.11 Å². The van der Waals surface area contributed by atoms with Crippen molar-refractivity contribution in [2.45, 2.75) is 25.8 Å². The number of anilines is 1.